The highest BCUT2D eigenvalue weighted by Gasteiger charge is 2.35. The number of piperidine rings is 1. The number of anilines is 1. The molecule has 2 aromatic heterocycles. The molecule has 10 heteroatoms. The predicted octanol–water partition coefficient (Wildman–Crippen LogP) is 3.24. The van der Waals surface area contributed by atoms with E-state index >= 15 is 0 Å². The van der Waals surface area contributed by atoms with Crippen molar-refractivity contribution in [3.8, 4) is 10.6 Å². The fourth-order valence-corrected chi connectivity index (χ4v) is 4.73. The summed E-state index contributed by atoms with van der Waals surface area (Å²) in [7, 11) is 2.27. The molecular formula is C20H23ClN4O4S. The molecule has 4 rings (SSSR count). The Morgan fingerprint density at radius 3 is 2.17 bits per heavy atom. The maximum atomic E-state index is 9.55. The van der Waals surface area contributed by atoms with Crippen LogP contribution < -0.4 is 4.90 Å². The molecule has 2 aliphatic rings. The molecule has 0 saturated carbocycles. The minimum absolute atomic E-state index is 0.558. The Hall–Kier alpha value is -2.49. The van der Waals surface area contributed by atoms with E-state index in [1.807, 2.05) is 12.1 Å². The van der Waals surface area contributed by atoms with E-state index in [4.69, 9.17) is 21.8 Å². The number of aliphatic carboxylic acids is 2. The van der Waals surface area contributed by atoms with Gasteiger partial charge < -0.3 is 15.1 Å². The third-order valence-electron chi connectivity index (χ3n) is 5.26. The number of carboxylic acid groups (broad SMARTS) is 2. The maximum Gasteiger partial charge on any atom is 0.328 e. The monoisotopic (exact) mass is 450 g/mol. The molecule has 2 N–H and O–H groups in total. The van der Waals surface area contributed by atoms with E-state index in [0.717, 1.165) is 33.8 Å². The number of carbonyl (C=O) groups is 2. The van der Waals surface area contributed by atoms with Crippen molar-refractivity contribution >= 4 is 40.7 Å². The van der Waals surface area contributed by atoms with Crippen LogP contribution in [0.5, 0.6) is 0 Å². The number of rotatable bonds is 4. The van der Waals surface area contributed by atoms with Crippen LogP contribution >= 0.6 is 22.9 Å². The Morgan fingerprint density at radius 2 is 1.70 bits per heavy atom. The summed E-state index contributed by atoms with van der Waals surface area (Å²) in [6.07, 6.45) is 5.06. The second-order valence-electron chi connectivity index (χ2n) is 7.20. The molecule has 0 radical (unpaired) electrons. The largest absolute Gasteiger partial charge is 0.478 e. The van der Waals surface area contributed by atoms with Crippen LogP contribution in [-0.2, 0) is 9.59 Å². The smallest absolute Gasteiger partial charge is 0.328 e. The lowest BCUT2D eigenvalue weighted by atomic mass is 9.92. The Labute approximate surface area is 183 Å². The Balaban J connectivity index is 0.000000275. The van der Waals surface area contributed by atoms with Crippen LogP contribution in [0, 0.1) is 0 Å². The molecule has 2 aliphatic heterocycles. The van der Waals surface area contributed by atoms with Crippen LogP contribution in [0.1, 0.15) is 19.3 Å². The summed E-state index contributed by atoms with van der Waals surface area (Å²) < 4.78 is 0.785. The molecule has 30 heavy (non-hydrogen) atoms. The highest BCUT2D eigenvalue weighted by atomic mass is 35.5. The number of piperazine rings is 1. The average molecular weight is 451 g/mol. The first kappa shape index (κ1) is 22.2. The van der Waals surface area contributed by atoms with E-state index in [0.29, 0.717) is 24.2 Å². The lowest BCUT2D eigenvalue weighted by molar-refractivity contribution is -0.134. The molecule has 0 aromatic carbocycles. The standard InChI is InChI=1S/C16H19ClN4S.C4H4O4/c1-20-11-3-2-4-12(20)10-21(9-11)16-8-5-13(18-19-16)14-6-7-15(17)22-14;5-3(6)1-2-4(7)8/h5-8,11-12H,2-4,9-10H2,1H3;1-2H,(H,5,6)(H,7,8)/b;2-1+. The van der Waals surface area contributed by atoms with Gasteiger partial charge in [-0.2, -0.15) is 0 Å². The number of halogens is 1. The number of carboxylic acids is 2. The van der Waals surface area contributed by atoms with Gasteiger partial charge in [0.25, 0.3) is 0 Å². The molecular weight excluding hydrogens is 428 g/mol. The SMILES string of the molecule is CN1C2CCCC1CN(c1ccc(-c3ccc(Cl)s3)nn1)C2.O=C(O)/C=C/C(=O)O. The lowest BCUT2D eigenvalue weighted by Crippen LogP contribution is -2.59. The Kier molecular flexibility index (Phi) is 7.41. The number of aromatic nitrogens is 2. The summed E-state index contributed by atoms with van der Waals surface area (Å²) in [4.78, 5) is 25.1. The van der Waals surface area contributed by atoms with Gasteiger partial charge in [0.05, 0.1) is 9.21 Å². The third kappa shape index (κ3) is 5.78. The minimum atomic E-state index is -1.26. The number of hydrogen-bond acceptors (Lipinski definition) is 7. The number of fused-ring (bicyclic) bond motifs is 2. The van der Waals surface area contributed by atoms with Crippen LogP contribution in [0.25, 0.3) is 10.6 Å². The van der Waals surface area contributed by atoms with Gasteiger partial charge in [-0.3, -0.25) is 4.90 Å². The van der Waals surface area contributed by atoms with Gasteiger partial charge in [-0.25, -0.2) is 9.59 Å². The summed E-state index contributed by atoms with van der Waals surface area (Å²) in [6, 6.07) is 9.36. The van der Waals surface area contributed by atoms with Crippen molar-refractivity contribution in [3.63, 3.8) is 0 Å². The van der Waals surface area contributed by atoms with Gasteiger partial charge in [-0.15, -0.1) is 21.5 Å². The van der Waals surface area contributed by atoms with Gasteiger partial charge in [0.15, 0.2) is 5.82 Å². The van der Waals surface area contributed by atoms with Crippen molar-refractivity contribution in [2.75, 3.05) is 25.0 Å². The first-order valence-electron chi connectivity index (χ1n) is 9.53. The third-order valence-corrected chi connectivity index (χ3v) is 6.51. The van der Waals surface area contributed by atoms with Gasteiger partial charge in [0.2, 0.25) is 0 Å². The molecule has 160 valence electrons. The second-order valence-corrected chi connectivity index (χ2v) is 8.91. The van der Waals surface area contributed by atoms with E-state index in [1.54, 1.807) is 0 Å². The molecule has 0 spiro atoms. The van der Waals surface area contributed by atoms with Crippen molar-refractivity contribution < 1.29 is 19.8 Å². The zero-order valence-electron chi connectivity index (χ0n) is 16.4. The molecule has 0 amide bonds. The zero-order chi connectivity index (χ0) is 21.7. The summed E-state index contributed by atoms with van der Waals surface area (Å²) >= 11 is 7.53. The molecule has 2 aromatic rings. The van der Waals surface area contributed by atoms with Gasteiger partial charge in [-0.05, 0) is 44.2 Å². The summed E-state index contributed by atoms with van der Waals surface area (Å²) in [5.41, 5.74) is 0.898. The Bertz CT molecular complexity index is 888. The summed E-state index contributed by atoms with van der Waals surface area (Å²) in [6.45, 7) is 2.12. The van der Waals surface area contributed by atoms with Crippen LogP contribution in [0.2, 0.25) is 4.34 Å². The average Bonchev–Trinajstić information content (AvgIpc) is 3.13. The molecule has 2 unspecified atom stereocenters. The molecule has 4 heterocycles. The molecule has 2 atom stereocenters. The first-order valence-corrected chi connectivity index (χ1v) is 10.7. The predicted molar refractivity (Wildman–Crippen MR) is 116 cm³/mol. The van der Waals surface area contributed by atoms with Crippen LogP contribution in [0.4, 0.5) is 5.82 Å². The quantitative estimate of drug-likeness (QED) is 0.683. The number of thiophene rings is 1. The van der Waals surface area contributed by atoms with Gasteiger partial charge >= 0.3 is 11.9 Å². The van der Waals surface area contributed by atoms with Crippen molar-refractivity contribution in [2.24, 2.45) is 0 Å². The highest BCUT2D eigenvalue weighted by Crippen LogP contribution is 2.31. The second kappa shape index (κ2) is 10.0. The van der Waals surface area contributed by atoms with Gasteiger partial charge in [-0.1, -0.05) is 18.0 Å². The topological polar surface area (TPSA) is 107 Å². The maximum absolute atomic E-state index is 9.55. The van der Waals surface area contributed by atoms with Crippen LogP contribution in [0.15, 0.2) is 36.4 Å². The normalized spacial score (nSPS) is 21.2. The van der Waals surface area contributed by atoms with Crippen molar-refractivity contribution in [2.45, 2.75) is 31.3 Å². The fourth-order valence-electron chi connectivity index (χ4n) is 3.72. The zero-order valence-corrected chi connectivity index (χ0v) is 18.0. The Morgan fingerprint density at radius 1 is 1.07 bits per heavy atom. The van der Waals surface area contributed by atoms with Crippen LogP contribution in [-0.4, -0.2) is 69.5 Å². The lowest BCUT2D eigenvalue weighted by Gasteiger charge is -2.48. The molecule has 2 fully saturated rings. The van der Waals surface area contributed by atoms with E-state index < -0.39 is 11.9 Å². The first-order chi connectivity index (χ1) is 14.3. The summed E-state index contributed by atoms with van der Waals surface area (Å²) in [5.74, 6) is -1.52. The number of hydrogen-bond donors (Lipinski definition) is 2. The van der Waals surface area contributed by atoms with Gasteiger partial charge in [0, 0.05) is 37.3 Å². The molecule has 2 bridgehead atoms. The number of likely N-dealkylation sites (N-methyl/N-ethyl adjacent to an activating group) is 1. The number of nitrogens with zero attached hydrogens (tertiary/aromatic N) is 4. The van der Waals surface area contributed by atoms with E-state index in [1.165, 1.54) is 30.6 Å². The van der Waals surface area contributed by atoms with Crippen LogP contribution in [0.3, 0.4) is 0 Å². The summed E-state index contributed by atoms with van der Waals surface area (Å²) in [5, 5.41) is 24.5. The molecule has 8 nitrogen and oxygen atoms in total. The van der Waals surface area contributed by atoms with Crippen molar-refractivity contribution in [3.05, 3.63) is 40.8 Å². The van der Waals surface area contributed by atoms with E-state index in [9.17, 15) is 9.59 Å². The van der Waals surface area contributed by atoms with E-state index in [-0.39, 0.29) is 0 Å². The highest BCUT2D eigenvalue weighted by molar-refractivity contribution is 7.19. The minimum Gasteiger partial charge on any atom is -0.478 e. The fraction of sp³-hybridized carbons (Fsp3) is 0.400. The van der Waals surface area contributed by atoms with Crippen molar-refractivity contribution in [1.82, 2.24) is 15.1 Å². The molecule has 2 saturated heterocycles. The van der Waals surface area contributed by atoms with Crippen molar-refractivity contribution in [1.29, 1.82) is 0 Å². The van der Waals surface area contributed by atoms with E-state index in [2.05, 4.69) is 39.2 Å². The van der Waals surface area contributed by atoms with Gasteiger partial charge in [0.1, 0.15) is 5.69 Å². The molecule has 0 aliphatic carbocycles.